The van der Waals surface area contributed by atoms with Crippen LogP contribution in [0.2, 0.25) is 5.02 Å². The third-order valence-corrected chi connectivity index (χ3v) is 3.88. The number of nitro groups is 1. The number of hydrogen-bond donors (Lipinski definition) is 3. The number of nitrogens with zero attached hydrogens (tertiary/aromatic N) is 2. The molecule has 13 heteroatoms. The van der Waals surface area contributed by atoms with Gasteiger partial charge in [-0.2, -0.15) is 0 Å². The van der Waals surface area contributed by atoms with Gasteiger partial charge in [0, 0.05) is 26.2 Å². The summed E-state index contributed by atoms with van der Waals surface area (Å²) in [5.41, 5.74) is 0.124. The van der Waals surface area contributed by atoms with Gasteiger partial charge in [0.2, 0.25) is 3.79 Å². The highest BCUT2D eigenvalue weighted by atomic mass is 35.6. The molecule has 2 amide bonds. The Morgan fingerprint density at radius 2 is 1.92 bits per heavy atom. The van der Waals surface area contributed by atoms with Crippen LogP contribution in [0.4, 0.5) is 16.2 Å². The lowest BCUT2D eigenvalue weighted by atomic mass is 10.3. The maximum Gasteiger partial charge on any atom is 0.318 e. The molecule has 0 aliphatic carbocycles. The van der Waals surface area contributed by atoms with Crippen molar-refractivity contribution in [1.82, 2.24) is 15.5 Å². The number of nitro benzene ring substituents is 1. The van der Waals surface area contributed by atoms with Gasteiger partial charge < -0.3 is 20.9 Å². The summed E-state index contributed by atoms with van der Waals surface area (Å²) in [5, 5.41) is 18.5. The highest BCUT2D eigenvalue weighted by Crippen LogP contribution is 2.30. The van der Waals surface area contributed by atoms with Crippen molar-refractivity contribution in [2.75, 3.05) is 19.4 Å². The zero-order chi connectivity index (χ0) is 19.4. The molecule has 0 bridgehead atoms. The highest BCUT2D eigenvalue weighted by Gasteiger charge is 2.35. The Kier molecular flexibility index (Phi) is 7.76. The minimum Gasteiger partial charge on any atom is -0.339 e. The molecule has 0 spiro atoms. The minimum atomic E-state index is -1.91. The fourth-order valence-corrected chi connectivity index (χ4v) is 2.24. The van der Waals surface area contributed by atoms with Crippen molar-refractivity contribution in [2.45, 2.75) is 9.96 Å². The Labute approximate surface area is 168 Å². The molecule has 3 N–H and O–H groups in total. The van der Waals surface area contributed by atoms with Crippen LogP contribution in [0, 0.1) is 10.1 Å². The van der Waals surface area contributed by atoms with E-state index in [2.05, 4.69) is 16.0 Å². The molecular weight excluding hydrogens is 436 g/mol. The molecule has 0 radical (unpaired) electrons. The van der Waals surface area contributed by atoms with Gasteiger partial charge in [-0.25, -0.2) is 4.79 Å². The maximum absolute atomic E-state index is 11.7. The zero-order valence-electron chi connectivity index (χ0n) is 12.8. The van der Waals surface area contributed by atoms with Gasteiger partial charge in [-0.15, -0.1) is 0 Å². The third kappa shape index (κ3) is 6.87. The molecule has 1 aromatic rings. The summed E-state index contributed by atoms with van der Waals surface area (Å²) in [6.07, 6.45) is -1.15. The molecule has 138 valence electrons. The van der Waals surface area contributed by atoms with Gasteiger partial charge in [0.05, 0.1) is 15.6 Å². The molecular formula is C12H13Cl4N5O3S. The summed E-state index contributed by atoms with van der Waals surface area (Å²) in [6, 6.07) is 3.26. The van der Waals surface area contributed by atoms with Gasteiger partial charge in [0.1, 0.15) is 0 Å². The number of carbonyl (C=O) groups excluding carboxylic acids is 1. The number of halogens is 4. The van der Waals surface area contributed by atoms with E-state index in [9.17, 15) is 14.9 Å². The summed E-state index contributed by atoms with van der Waals surface area (Å²) in [6.45, 7) is 0. The molecule has 1 atom stereocenters. The lowest BCUT2D eigenvalue weighted by molar-refractivity contribution is -0.384. The molecule has 0 fully saturated rings. The molecule has 0 aliphatic rings. The Morgan fingerprint density at radius 1 is 1.32 bits per heavy atom. The summed E-state index contributed by atoms with van der Waals surface area (Å²) < 4.78 is -1.91. The first-order chi connectivity index (χ1) is 11.4. The van der Waals surface area contributed by atoms with Crippen LogP contribution in [-0.2, 0) is 0 Å². The fourth-order valence-electron chi connectivity index (χ4n) is 1.46. The van der Waals surface area contributed by atoms with Crippen LogP contribution in [0.25, 0.3) is 0 Å². The third-order valence-electron chi connectivity index (χ3n) is 2.69. The lowest BCUT2D eigenvalue weighted by Gasteiger charge is -2.29. The summed E-state index contributed by atoms with van der Waals surface area (Å²) in [4.78, 5) is 23.1. The number of thiocarbonyl (C=S) groups is 1. The molecule has 0 aromatic heterocycles. The van der Waals surface area contributed by atoms with E-state index in [1.54, 1.807) is 0 Å². The van der Waals surface area contributed by atoms with Crippen LogP contribution in [0.5, 0.6) is 0 Å². The quantitative estimate of drug-likeness (QED) is 0.214. The Morgan fingerprint density at radius 3 is 2.36 bits per heavy atom. The van der Waals surface area contributed by atoms with Gasteiger partial charge >= 0.3 is 6.03 Å². The van der Waals surface area contributed by atoms with Crippen molar-refractivity contribution in [2.24, 2.45) is 0 Å². The lowest BCUT2D eigenvalue weighted by Crippen LogP contribution is -2.57. The maximum atomic E-state index is 11.7. The predicted octanol–water partition coefficient (Wildman–Crippen LogP) is 3.50. The first-order valence-corrected chi connectivity index (χ1v) is 8.40. The molecule has 0 unspecified atom stereocenters. The monoisotopic (exact) mass is 447 g/mol. The van der Waals surface area contributed by atoms with Crippen LogP contribution in [0.15, 0.2) is 18.2 Å². The van der Waals surface area contributed by atoms with E-state index in [0.717, 1.165) is 6.07 Å². The smallest absolute Gasteiger partial charge is 0.318 e. The number of amides is 2. The van der Waals surface area contributed by atoms with Crippen molar-refractivity contribution >= 4 is 81.1 Å². The molecule has 0 saturated heterocycles. The molecule has 1 aromatic carbocycles. The summed E-state index contributed by atoms with van der Waals surface area (Å²) in [7, 11) is 3.02. The van der Waals surface area contributed by atoms with Crippen molar-refractivity contribution in [3.05, 3.63) is 33.3 Å². The molecule has 0 saturated carbocycles. The number of non-ortho nitro benzene ring substituents is 1. The van der Waals surface area contributed by atoms with E-state index in [0.29, 0.717) is 5.69 Å². The number of urea groups is 1. The van der Waals surface area contributed by atoms with E-state index in [1.807, 2.05) is 0 Å². The molecule has 0 aliphatic heterocycles. The molecule has 8 nitrogen and oxygen atoms in total. The number of alkyl halides is 3. The van der Waals surface area contributed by atoms with E-state index in [-0.39, 0.29) is 15.8 Å². The second-order valence-corrected chi connectivity index (χ2v) is 8.02. The Hall–Kier alpha value is -1.26. The van der Waals surface area contributed by atoms with Gasteiger partial charge in [-0.1, -0.05) is 46.4 Å². The number of carbonyl (C=O) groups is 1. The van der Waals surface area contributed by atoms with Crippen LogP contribution in [0.1, 0.15) is 0 Å². The van der Waals surface area contributed by atoms with Crippen molar-refractivity contribution in [3.63, 3.8) is 0 Å². The summed E-state index contributed by atoms with van der Waals surface area (Å²) >= 11 is 28.5. The number of hydrogen-bond acceptors (Lipinski definition) is 4. The fraction of sp³-hybridized carbons (Fsp3) is 0.333. The number of rotatable bonds is 4. The largest absolute Gasteiger partial charge is 0.339 e. The van der Waals surface area contributed by atoms with Crippen molar-refractivity contribution in [3.8, 4) is 0 Å². The van der Waals surface area contributed by atoms with Crippen LogP contribution < -0.4 is 16.0 Å². The second kappa shape index (κ2) is 8.91. The van der Waals surface area contributed by atoms with Gasteiger partial charge in [0.25, 0.3) is 5.69 Å². The molecule has 1 rings (SSSR count). The Balaban J connectivity index is 2.84. The first-order valence-electron chi connectivity index (χ1n) is 6.48. The van der Waals surface area contributed by atoms with E-state index >= 15 is 0 Å². The second-order valence-electron chi connectivity index (χ2n) is 4.84. The molecule has 0 heterocycles. The number of anilines is 1. The van der Waals surface area contributed by atoms with E-state index in [1.165, 1.54) is 31.1 Å². The van der Waals surface area contributed by atoms with Crippen LogP contribution in [0.3, 0.4) is 0 Å². The number of benzene rings is 1. The molecule has 25 heavy (non-hydrogen) atoms. The van der Waals surface area contributed by atoms with Crippen LogP contribution in [-0.4, -0.2) is 45.0 Å². The highest BCUT2D eigenvalue weighted by molar-refractivity contribution is 7.80. The van der Waals surface area contributed by atoms with Gasteiger partial charge in [0.15, 0.2) is 11.3 Å². The first kappa shape index (κ1) is 21.8. The minimum absolute atomic E-state index is 0.0221. The SMILES string of the molecule is CN(C)C(=O)N[C@@H](NC(=S)Nc1ccc([N+](=O)[O-])cc1Cl)C(Cl)(Cl)Cl. The van der Waals surface area contributed by atoms with E-state index < -0.39 is 20.9 Å². The predicted molar refractivity (Wildman–Crippen MR) is 104 cm³/mol. The summed E-state index contributed by atoms with van der Waals surface area (Å²) in [5.74, 6) is 0. The zero-order valence-corrected chi connectivity index (χ0v) is 16.7. The Bertz CT molecular complexity index is 683. The average Bonchev–Trinajstić information content (AvgIpc) is 2.47. The number of nitrogens with one attached hydrogen (secondary N) is 3. The van der Waals surface area contributed by atoms with Gasteiger partial charge in [-0.3, -0.25) is 10.1 Å². The topological polar surface area (TPSA) is 99.5 Å². The van der Waals surface area contributed by atoms with Crippen LogP contribution >= 0.6 is 58.6 Å². The van der Waals surface area contributed by atoms with Gasteiger partial charge in [-0.05, 0) is 18.3 Å². The average molecular weight is 449 g/mol. The van der Waals surface area contributed by atoms with Crippen molar-refractivity contribution in [1.29, 1.82) is 0 Å². The standard InChI is InChI=1S/C12H13Cl4N5O3S/c1-20(2)11(22)19-9(12(14,15)16)18-10(25)17-8-4-3-6(21(23)24)5-7(8)13/h3-5,9H,1-2H3,(H,19,22)(H2,17,18,25)/t9-/m1/s1. The normalized spacial score (nSPS) is 12.1. The van der Waals surface area contributed by atoms with E-state index in [4.69, 9.17) is 58.6 Å². The van der Waals surface area contributed by atoms with Crippen molar-refractivity contribution < 1.29 is 9.72 Å².